The minimum Gasteiger partial charge on any atom is -0.309 e. The first-order valence-electron chi connectivity index (χ1n) is 24.1. The van der Waals surface area contributed by atoms with Gasteiger partial charge in [-0.3, -0.25) is 0 Å². The molecule has 0 atom stereocenters. The van der Waals surface area contributed by atoms with Gasteiger partial charge in [0.2, 0.25) is 0 Å². The highest BCUT2D eigenvalue weighted by Crippen LogP contribution is 2.42. The fraction of sp³-hybridized carbons (Fsp3) is 0. The Hall–Kier alpha value is -9.38. The van der Waals surface area contributed by atoms with Gasteiger partial charge in [-0.05, 0) is 131 Å². The van der Waals surface area contributed by atoms with Gasteiger partial charge in [0.25, 0.3) is 0 Å². The van der Waals surface area contributed by atoms with Crippen LogP contribution in [0.1, 0.15) is 0 Å². The van der Waals surface area contributed by atoms with E-state index in [1.54, 1.807) is 0 Å². The number of fused-ring (bicyclic) bond motifs is 12. The Morgan fingerprint density at radius 2 is 0.443 bits per heavy atom. The molecule has 0 saturated carbocycles. The summed E-state index contributed by atoms with van der Waals surface area (Å²) in [5, 5.41) is 9.89. The first-order valence-corrected chi connectivity index (χ1v) is 24.1. The van der Waals surface area contributed by atoms with Crippen LogP contribution in [0.5, 0.6) is 0 Å². The van der Waals surface area contributed by atoms with Crippen LogP contribution in [-0.4, -0.2) is 18.3 Å². The Kier molecular flexibility index (Phi) is 8.33. The summed E-state index contributed by atoms with van der Waals surface area (Å²) in [6, 6.07) is 93.6. The van der Waals surface area contributed by atoms with Gasteiger partial charge in [0.15, 0.2) is 0 Å². The van der Waals surface area contributed by atoms with Crippen LogP contribution in [0.3, 0.4) is 0 Å². The monoisotopic (exact) mass is 890 g/mol. The van der Waals surface area contributed by atoms with E-state index in [2.05, 4.69) is 273 Å². The number of aromatic nitrogens is 4. The Balaban J connectivity index is 0.964. The molecule has 4 aromatic heterocycles. The van der Waals surface area contributed by atoms with Crippen molar-refractivity contribution in [3.05, 3.63) is 255 Å². The normalized spacial score (nSPS) is 12.0. The maximum Gasteiger partial charge on any atom is 0.0547 e. The fourth-order valence-electron chi connectivity index (χ4n) is 11.6. The fourth-order valence-corrected chi connectivity index (χ4v) is 11.6. The molecule has 11 aromatic carbocycles. The number of benzene rings is 11. The molecule has 0 spiro atoms. The molecule has 4 nitrogen and oxygen atoms in total. The van der Waals surface area contributed by atoms with Crippen molar-refractivity contribution >= 4 is 87.2 Å². The Bertz CT molecular complexity index is 4350. The highest BCUT2D eigenvalue weighted by Gasteiger charge is 2.20. The van der Waals surface area contributed by atoms with Gasteiger partial charge in [-0.1, -0.05) is 146 Å². The largest absolute Gasteiger partial charge is 0.309 e. The first-order chi connectivity index (χ1) is 34.7. The van der Waals surface area contributed by atoms with Crippen molar-refractivity contribution in [2.75, 3.05) is 0 Å². The Labute approximate surface area is 403 Å². The summed E-state index contributed by atoms with van der Waals surface area (Å²) in [5.74, 6) is 0. The topological polar surface area (TPSA) is 19.7 Å². The molecule has 0 saturated heterocycles. The molecule has 4 heteroatoms. The Morgan fingerprint density at radius 3 is 0.886 bits per heavy atom. The molecule has 0 aliphatic heterocycles. The molecule has 0 fully saturated rings. The lowest BCUT2D eigenvalue weighted by Gasteiger charge is -2.11. The second kappa shape index (κ2) is 15.1. The second-order valence-corrected chi connectivity index (χ2v) is 18.5. The quantitative estimate of drug-likeness (QED) is 0.158. The first kappa shape index (κ1) is 38.7. The van der Waals surface area contributed by atoms with Crippen LogP contribution in [-0.2, 0) is 0 Å². The van der Waals surface area contributed by atoms with Gasteiger partial charge in [-0.25, -0.2) is 0 Å². The third-order valence-corrected chi connectivity index (χ3v) is 14.7. The van der Waals surface area contributed by atoms with Gasteiger partial charge < -0.3 is 18.3 Å². The molecule has 0 bridgehead atoms. The molecule has 0 amide bonds. The Morgan fingerprint density at radius 1 is 0.157 bits per heavy atom. The predicted molar refractivity (Wildman–Crippen MR) is 295 cm³/mol. The highest BCUT2D eigenvalue weighted by atomic mass is 15.0. The van der Waals surface area contributed by atoms with Gasteiger partial charge in [-0.15, -0.1) is 0 Å². The summed E-state index contributed by atoms with van der Waals surface area (Å²) in [6.45, 7) is 0. The van der Waals surface area contributed by atoms with Crippen molar-refractivity contribution < 1.29 is 0 Å². The SMILES string of the molecule is c1ccc(-n2c3ccccc3c3cc(-n4c5ccc(-c6ccc7c8ccccc8n(-c8ccccc8)c7c6)cc5c5cc(-c6ccc7c8ccccc8n(-c8ccccc8)c7c6)ccc54)ccc32)cc1. The van der Waals surface area contributed by atoms with Crippen molar-refractivity contribution in [1.82, 2.24) is 18.3 Å². The zero-order chi connectivity index (χ0) is 45.9. The second-order valence-electron chi connectivity index (χ2n) is 18.5. The minimum absolute atomic E-state index is 1.13. The molecule has 0 N–H and O–H groups in total. The van der Waals surface area contributed by atoms with Crippen molar-refractivity contribution in [2.24, 2.45) is 0 Å². The summed E-state index contributed by atoms with van der Waals surface area (Å²) in [4.78, 5) is 0. The van der Waals surface area contributed by atoms with Crippen LogP contribution in [0, 0.1) is 0 Å². The van der Waals surface area contributed by atoms with Gasteiger partial charge >= 0.3 is 0 Å². The summed E-state index contributed by atoms with van der Waals surface area (Å²) in [5.41, 5.74) is 18.8. The van der Waals surface area contributed by atoms with Crippen molar-refractivity contribution in [2.45, 2.75) is 0 Å². The zero-order valence-corrected chi connectivity index (χ0v) is 38.0. The van der Waals surface area contributed by atoms with E-state index in [1.165, 1.54) is 109 Å². The molecule has 326 valence electrons. The van der Waals surface area contributed by atoms with E-state index in [0.29, 0.717) is 0 Å². The van der Waals surface area contributed by atoms with Crippen molar-refractivity contribution in [1.29, 1.82) is 0 Å². The van der Waals surface area contributed by atoms with E-state index in [4.69, 9.17) is 0 Å². The van der Waals surface area contributed by atoms with Crippen LogP contribution in [0.15, 0.2) is 255 Å². The predicted octanol–water partition coefficient (Wildman–Crippen LogP) is 17.4. The molecule has 0 radical (unpaired) electrons. The van der Waals surface area contributed by atoms with E-state index in [0.717, 1.165) is 22.7 Å². The van der Waals surface area contributed by atoms with E-state index in [1.807, 2.05) is 0 Å². The number of hydrogen-bond donors (Lipinski definition) is 0. The lowest BCUT2D eigenvalue weighted by molar-refractivity contribution is 1.16. The summed E-state index contributed by atoms with van der Waals surface area (Å²) < 4.78 is 9.67. The van der Waals surface area contributed by atoms with E-state index >= 15 is 0 Å². The van der Waals surface area contributed by atoms with Crippen LogP contribution >= 0.6 is 0 Å². The van der Waals surface area contributed by atoms with E-state index in [9.17, 15) is 0 Å². The van der Waals surface area contributed by atoms with Crippen LogP contribution < -0.4 is 0 Å². The molecule has 4 heterocycles. The molecule has 15 aromatic rings. The average Bonchev–Trinajstić information content (AvgIpc) is 4.15. The number of nitrogens with zero attached hydrogens (tertiary/aromatic N) is 4. The third-order valence-electron chi connectivity index (χ3n) is 14.7. The smallest absolute Gasteiger partial charge is 0.0547 e. The number of para-hydroxylation sites is 6. The van der Waals surface area contributed by atoms with Crippen LogP contribution in [0.2, 0.25) is 0 Å². The summed E-state index contributed by atoms with van der Waals surface area (Å²) in [7, 11) is 0. The molecule has 0 aliphatic carbocycles. The zero-order valence-electron chi connectivity index (χ0n) is 38.0. The number of rotatable bonds is 6. The van der Waals surface area contributed by atoms with E-state index in [-0.39, 0.29) is 0 Å². The van der Waals surface area contributed by atoms with Crippen molar-refractivity contribution in [3.8, 4) is 45.0 Å². The standard InChI is InChI=1S/C66H42N4/c1-4-16-47(17-5-1)67-61-27-15-12-24-53(61)58-42-50(32-37-64(58)67)70-62-35-30-43(45-28-33-54-51-22-10-13-25-59(51)68(65(54)40-45)48-18-6-2-7-19-48)38-56(62)57-39-44(31-36-63(57)70)46-29-34-55-52-23-11-14-26-60(52)69(66(55)41-46)49-20-8-3-9-21-49/h1-42H. The van der Waals surface area contributed by atoms with Crippen LogP contribution in [0.25, 0.3) is 132 Å². The molecule has 0 aliphatic rings. The molecular weight excluding hydrogens is 849 g/mol. The average molecular weight is 891 g/mol. The molecule has 15 rings (SSSR count). The maximum absolute atomic E-state index is 2.47. The minimum atomic E-state index is 1.13. The molecule has 70 heavy (non-hydrogen) atoms. The molecular formula is C66H42N4. The van der Waals surface area contributed by atoms with Crippen LogP contribution in [0.4, 0.5) is 0 Å². The van der Waals surface area contributed by atoms with Gasteiger partial charge in [0, 0.05) is 65.8 Å². The number of hydrogen-bond acceptors (Lipinski definition) is 0. The lowest BCUT2D eigenvalue weighted by atomic mass is 9.99. The summed E-state index contributed by atoms with van der Waals surface area (Å²) in [6.07, 6.45) is 0. The lowest BCUT2D eigenvalue weighted by Crippen LogP contribution is -1.96. The summed E-state index contributed by atoms with van der Waals surface area (Å²) >= 11 is 0. The third kappa shape index (κ3) is 5.71. The maximum atomic E-state index is 2.47. The molecule has 0 unspecified atom stereocenters. The van der Waals surface area contributed by atoms with Gasteiger partial charge in [0.1, 0.15) is 0 Å². The van der Waals surface area contributed by atoms with E-state index < -0.39 is 0 Å². The van der Waals surface area contributed by atoms with Gasteiger partial charge in [0.05, 0.1) is 44.1 Å². The van der Waals surface area contributed by atoms with Crippen molar-refractivity contribution in [3.63, 3.8) is 0 Å². The highest BCUT2D eigenvalue weighted by molar-refractivity contribution is 6.15. The van der Waals surface area contributed by atoms with Gasteiger partial charge in [-0.2, -0.15) is 0 Å².